The number of hydrogen-bond donors (Lipinski definition) is 0. The van der Waals surface area contributed by atoms with Crippen LogP contribution in [-0.4, -0.2) is 23.2 Å². The Labute approximate surface area is 229 Å². The minimum atomic E-state index is -0.982. The van der Waals surface area contributed by atoms with Crippen molar-refractivity contribution in [1.29, 1.82) is 0 Å². The van der Waals surface area contributed by atoms with Crippen LogP contribution in [0.2, 0.25) is 0 Å². The molecule has 1 spiro atoms. The zero-order valence-electron chi connectivity index (χ0n) is 22.2. The van der Waals surface area contributed by atoms with Gasteiger partial charge < -0.3 is 18.8 Å². The summed E-state index contributed by atoms with van der Waals surface area (Å²) in [6.07, 6.45) is 3.81. The number of ether oxygens (including phenoxy) is 2. The van der Waals surface area contributed by atoms with Crippen molar-refractivity contribution in [3.63, 3.8) is 0 Å². The Balaban J connectivity index is 1.29. The lowest BCUT2D eigenvalue weighted by atomic mass is 9.76. The van der Waals surface area contributed by atoms with Crippen molar-refractivity contribution in [1.82, 2.24) is 0 Å². The third kappa shape index (κ3) is 3.93. The Morgan fingerprint density at radius 1 is 1.07 bits per heavy atom. The second kappa shape index (κ2) is 9.08. The Bertz CT molecular complexity index is 1790. The van der Waals surface area contributed by atoms with Crippen LogP contribution in [0, 0.1) is 17.0 Å². The monoisotopic (exact) mass is 538 g/mol. The Morgan fingerprint density at radius 3 is 2.67 bits per heavy atom. The van der Waals surface area contributed by atoms with E-state index in [1.165, 1.54) is 18.2 Å². The van der Waals surface area contributed by atoms with Crippen LogP contribution in [0.4, 0.5) is 11.4 Å². The van der Waals surface area contributed by atoms with Gasteiger partial charge in [-0.1, -0.05) is 18.2 Å². The van der Waals surface area contributed by atoms with Crippen LogP contribution < -0.4 is 20.0 Å². The van der Waals surface area contributed by atoms with E-state index in [1.54, 1.807) is 24.3 Å². The molecule has 0 amide bonds. The number of carbonyl (C=O) groups is 1. The molecule has 202 valence electrons. The highest BCUT2D eigenvalue weighted by Gasteiger charge is 2.58. The van der Waals surface area contributed by atoms with E-state index in [1.807, 2.05) is 48.2 Å². The molecule has 0 fully saturated rings. The van der Waals surface area contributed by atoms with Gasteiger partial charge in [-0.05, 0) is 68.3 Å². The van der Waals surface area contributed by atoms with Crippen LogP contribution in [0.5, 0.6) is 11.5 Å². The highest BCUT2D eigenvalue weighted by molar-refractivity contribution is 5.83. The second-order valence-electron chi connectivity index (χ2n) is 10.5. The van der Waals surface area contributed by atoms with Gasteiger partial charge in [0.25, 0.3) is 5.69 Å². The van der Waals surface area contributed by atoms with E-state index in [0.717, 1.165) is 22.2 Å². The fourth-order valence-electron chi connectivity index (χ4n) is 5.75. The van der Waals surface area contributed by atoms with Gasteiger partial charge in [-0.25, -0.2) is 4.79 Å². The molecule has 9 nitrogen and oxygen atoms in total. The lowest BCUT2D eigenvalue weighted by Crippen LogP contribution is -2.60. The topological polar surface area (TPSA) is 112 Å². The molecular weight excluding hydrogens is 512 g/mol. The number of esters is 1. The van der Waals surface area contributed by atoms with E-state index in [2.05, 4.69) is 13.8 Å². The second-order valence-corrected chi connectivity index (χ2v) is 10.5. The maximum absolute atomic E-state index is 13.0. The maximum Gasteiger partial charge on any atom is 0.336 e. The predicted molar refractivity (Wildman–Crippen MR) is 150 cm³/mol. The summed E-state index contributed by atoms with van der Waals surface area (Å²) in [7, 11) is 0. The van der Waals surface area contributed by atoms with Gasteiger partial charge in [0.1, 0.15) is 17.1 Å². The fourth-order valence-corrected chi connectivity index (χ4v) is 5.75. The number of aryl methyl sites for hydroxylation is 1. The zero-order valence-corrected chi connectivity index (χ0v) is 22.2. The summed E-state index contributed by atoms with van der Waals surface area (Å²) < 4.78 is 17.6. The van der Waals surface area contributed by atoms with Gasteiger partial charge in [-0.3, -0.25) is 14.9 Å². The normalized spacial score (nSPS) is 18.3. The molecule has 3 aromatic carbocycles. The Hall–Kier alpha value is -4.92. The van der Waals surface area contributed by atoms with Crippen molar-refractivity contribution in [2.75, 3.05) is 11.4 Å². The van der Waals surface area contributed by atoms with Crippen molar-refractivity contribution in [2.24, 2.45) is 0 Å². The number of non-ortho nitro benzene ring substituents is 1. The molecule has 0 bridgehead atoms. The number of para-hydroxylation sites is 1. The molecule has 0 aliphatic carbocycles. The van der Waals surface area contributed by atoms with Gasteiger partial charge >= 0.3 is 11.6 Å². The number of hydrogen-bond acceptors (Lipinski definition) is 8. The van der Waals surface area contributed by atoms with Crippen LogP contribution in [0.3, 0.4) is 0 Å². The van der Waals surface area contributed by atoms with E-state index in [0.29, 0.717) is 16.9 Å². The van der Waals surface area contributed by atoms with Gasteiger partial charge in [0.05, 0.1) is 16.8 Å². The molecule has 0 saturated carbocycles. The van der Waals surface area contributed by atoms with Crippen LogP contribution in [0.25, 0.3) is 17.0 Å². The lowest BCUT2D eigenvalue weighted by molar-refractivity contribution is -0.384. The van der Waals surface area contributed by atoms with Gasteiger partial charge in [-0.2, -0.15) is 0 Å². The van der Waals surface area contributed by atoms with Gasteiger partial charge in [-0.15, -0.1) is 0 Å². The first-order valence-electron chi connectivity index (χ1n) is 12.9. The van der Waals surface area contributed by atoms with Crippen molar-refractivity contribution >= 4 is 34.4 Å². The number of nitro groups is 1. The first-order chi connectivity index (χ1) is 19.1. The third-order valence-corrected chi connectivity index (χ3v) is 7.82. The van der Waals surface area contributed by atoms with Gasteiger partial charge in [0.15, 0.2) is 0 Å². The first-order valence-corrected chi connectivity index (χ1v) is 12.9. The molecule has 3 heterocycles. The van der Waals surface area contributed by atoms with Crippen LogP contribution in [0.15, 0.2) is 82.0 Å². The molecule has 1 aromatic heterocycles. The summed E-state index contributed by atoms with van der Waals surface area (Å²) in [6, 6.07) is 18.9. The van der Waals surface area contributed by atoms with Crippen LogP contribution in [0.1, 0.15) is 37.0 Å². The van der Waals surface area contributed by atoms with Crippen molar-refractivity contribution in [3.8, 4) is 11.5 Å². The first kappa shape index (κ1) is 25.4. The smallest absolute Gasteiger partial charge is 0.336 e. The summed E-state index contributed by atoms with van der Waals surface area (Å²) in [4.78, 5) is 37.7. The fraction of sp³-hybridized carbons (Fsp3) is 0.226. The van der Waals surface area contributed by atoms with E-state index in [4.69, 9.17) is 13.9 Å². The van der Waals surface area contributed by atoms with Crippen molar-refractivity contribution < 1.29 is 23.6 Å². The molecule has 9 heteroatoms. The molecule has 6 rings (SSSR count). The van der Waals surface area contributed by atoms with Gasteiger partial charge in [0, 0.05) is 47.4 Å². The molecule has 1 atom stereocenters. The molecule has 0 radical (unpaired) electrons. The predicted octanol–water partition coefficient (Wildman–Crippen LogP) is 5.91. The van der Waals surface area contributed by atoms with Gasteiger partial charge in [0.2, 0.25) is 5.72 Å². The highest BCUT2D eigenvalue weighted by atomic mass is 16.6. The molecule has 1 unspecified atom stereocenters. The largest absolute Gasteiger partial charge is 0.463 e. The number of rotatable bonds is 5. The third-order valence-electron chi connectivity index (χ3n) is 7.82. The van der Waals surface area contributed by atoms with Crippen LogP contribution in [-0.2, 0) is 10.2 Å². The molecule has 0 saturated heterocycles. The molecular formula is C31H26N2O7. The van der Waals surface area contributed by atoms with Crippen molar-refractivity contribution in [2.45, 2.75) is 38.3 Å². The molecule has 0 N–H and O–H groups in total. The number of benzene rings is 3. The molecule has 40 heavy (non-hydrogen) atoms. The number of anilines is 1. The maximum atomic E-state index is 13.0. The minimum absolute atomic E-state index is 0.0142. The Morgan fingerprint density at radius 2 is 1.88 bits per heavy atom. The summed E-state index contributed by atoms with van der Waals surface area (Å²) in [6.45, 7) is 6.26. The van der Waals surface area contributed by atoms with Crippen LogP contribution >= 0.6 is 0 Å². The van der Waals surface area contributed by atoms with E-state index < -0.39 is 27.7 Å². The summed E-state index contributed by atoms with van der Waals surface area (Å²) in [5, 5.41) is 12.1. The van der Waals surface area contributed by atoms with E-state index in [-0.39, 0.29) is 24.4 Å². The molecule has 2 aliphatic heterocycles. The average Bonchev–Trinajstić information content (AvgIpc) is 3.09. The minimum Gasteiger partial charge on any atom is -0.463 e. The van der Waals surface area contributed by atoms with E-state index >= 15 is 0 Å². The number of nitro benzene ring substituents is 1. The standard InChI is InChI=1S/C31H26N2O7/c1-19-16-29(35)39-27-18-22(9-10-23(19)27)38-28(34)13-15-32-25-7-5-4-6-24(25)30(2,3)31(32)14-12-20-17-21(33(36)37)8-11-26(20)40-31/h4-12,14,16-18H,13,15H2,1-3H3. The quantitative estimate of drug-likeness (QED) is 0.101. The summed E-state index contributed by atoms with van der Waals surface area (Å²) in [5.41, 5.74) is 1.73. The lowest BCUT2D eigenvalue weighted by Gasteiger charge is -2.47. The summed E-state index contributed by atoms with van der Waals surface area (Å²) in [5.74, 6) is 0.351. The molecule has 4 aromatic rings. The average molecular weight is 539 g/mol. The number of nitrogens with zero attached hydrogens (tertiary/aromatic N) is 2. The highest BCUT2D eigenvalue weighted by Crippen LogP contribution is 2.55. The zero-order chi connectivity index (χ0) is 28.2. The van der Waals surface area contributed by atoms with Crippen molar-refractivity contribution in [3.05, 3.63) is 110 Å². The SMILES string of the molecule is Cc1cc(=O)oc2cc(OC(=O)CCN3c4ccccc4C(C)(C)C34C=Cc3cc([N+](=O)[O-])ccc3O4)ccc12. The Kier molecular flexibility index (Phi) is 5.76. The molecule has 2 aliphatic rings. The number of carbonyl (C=O) groups excluding carboxylic acids is 1. The number of fused-ring (bicyclic) bond motifs is 3. The van der Waals surface area contributed by atoms with E-state index in [9.17, 15) is 19.7 Å². The summed E-state index contributed by atoms with van der Waals surface area (Å²) >= 11 is 0.